The van der Waals surface area contributed by atoms with Crippen LogP contribution in [0, 0.1) is 6.92 Å². The van der Waals surface area contributed by atoms with Crippen molar-refractivity contribution in [3.8, 4) is 17.2 Å². The number of nitrogens with zero attached hydrogens (tertiary/aromatic N) is 7. The molecule has 3 aromatic heterocycles. The highest BCUT2D eigenvalue weighted by molar-refractivity contribution is 9.10. The van der Waals surface area contributed by atoms with Crippen LogP contribution in [-0.2, 0) is 4.74 Å². The highest BCUT2D eigenvalue weighted by Gasteiger charge is 2.20. The van der Waals surface area contributed by atoms with Crippen molar-refractivity contribution in [3.05, 3.63) is 52.8 Å². The van der Waals surface area contributed by atoms with Gasteiger partial charge >= 0.3 is 0 Å². The van der Waals surface area contributed by atoms with Crippen LogP contribution < -0.4 is 4.90 Å². The van der Waals surface area contributed by atoms with Gasteiger partial charge in [-0.15, -0.1) is 0 Å². The third-order valence-corrected chi connectivity index (χ3v) is 5.05. The number of hydrogen-bond acceptors (Lipinski definition) is 6. The summed E-state index contributed by atoms with van der Waals surface area (Å²) in [6.07, 6.45) is 1.89. The fourth-order valence-corrected chi connectivity index (χ4v) is 3.66. The van der Waals surface area contributed by atoms with E-state index in [1.54, 1.807) is 9.20 Å². The predicted octanol–water partition coefficient (Wildman–Crippen LogP) is 2.88. The molecular formula is C19H18BrN7O. The first-order valence-corrected chi connectivity index (χ1v) is 9.86. The Morgan fingerprint density at radius 3 is 2.71 bits per heavy atom. The molecule has 1 saturated heterocycles. The summed E-state index contributed by atoms with van der Waals surface area (Å²) in [5.41, 5.74) is 3.87. The van der Waals surface area contributed by atoms with E-state index in [1.165, 1.54) is 5.56 Å². The van der Waals surface area contributed by atoms with Crippen LogP contribution in [0.3, 0.4) is 0 Å². The topological polar surface area (TPSA) is 73.4 Å². The monoisotopic (exact) mass is 439 g/mol. The molecule has 0 N–H and O–H groups in total. The van der Waals surface area contributed by atoms with Gasteiger partial charge in [0.1, 0.15) is 4.60 Å². The van der Waals surface area contributed by atoms with Gasteiger partial charge < -0.3 is 9.64 Å². The van der Waals surface area contributed by atoms with E-state index in [2.05, 4.69) is 56.0 Å². The molecule has 28 heavy (non-hydrogen) atoms. The van der Waals surface area contributed by atoms with Gasteiger partial charge in [0, 0.05) is 30.9 Å². The van der Waals surface area contributed by atoms with E-state index >= 15 is 0 Å². The lowest BCUT2D eigenvalue weighted by Gasteiger charge is -2.27. The number of benzene rings is 1. The number of hydrogen-bond donors (Lipinski definition) is 0. The van der Waals surface area contributed by atoms with Gasteiger partial charge in [-0.2, -0.15) is 24.7 Å². The Hall–Kier alpha value is -2.78. The van der Waals surface area contributed by atoms with E-state index in [9.17, 15) is 0 Å². The van der Waals surface area contributed by atoms with Crippen LogP contribution in [0.1, 0.15) is 5.56 Å². The molecule has 1 fully saturated rings. The van der Waals surface area contributed by atoms with Crippen LogP contribution >= 0.6 is 15.9 Å². The number of fused-ring (bicyclic) bond motifs is 1. The summed E-state index contributed by atoms with van der Waals surface area (Å²) < 4.78 is 9.66. The molecule has 5 rings (SSSR count). The van der Waals surface area contributed by atoms with Crippen molar-refractivity contribution >= 4 is 27.5 Å². The average molecular weight is 440 g/mol. The van der Waals surface area contributed by atoms with Crippen molar-refractivity contribution in [2.75, 3.05) is 31.2 Å². The quantitative estimate of drug-likeness (QED) is 0.488. The maximum absolute atomic E-state index is 5.47. The smallest absolute Gasteiger partial charge is 0.255 e. The number of rotatable bonds is 3. The summed E-state index contributed by atoms with van der Waals surface area (Å²) in [6, 6.07) is 12.1. The second-order valence-corrected chi connectivity index (χ2v) is 7.49. The lowest BCUT2D eigenvalue weighted by Crippen LogP contribution is -2.38. The number of anilines is 1. The number of aryl methyl sites for hydroxylation is 1. The molecule has 0 unspecified atom stereocenters. The molecule has 0 bridgehead atoms. The first-order valence-electron chi connectivity index (χ1n) is 9.06. The third kappa shape index (κ3) is 3.16. The molecule has 0 saturated carbocycles. The van der Waals surface area contributed by atoms with Gasteiger partial charge in [0.2, 0.25) is 5.95 Å². The Kier molecular flexibility index (Phi) is 4.33. The fourth-order valence-electron chi connectivity index (χ4n) is 3.30. The fraction of sp³-hybridized carbons (Fsp3) is 0.263. The van der Waals surface area contributed by atoms with Crippen LogP contribution in [0.2, 0.25) is 0 Å². The Balaban J connectivity index is 1.59. The molecule has 1 aliphatic rings. The van der Waals surface area contributed by atoms with E-state index in [0.717, 1.165) is 34.9 Å². The SMILES string of the molecule is Cc1cccc(-c2ccn(-c3nc(N4CCOCC4)n4nc(Br)cc4n3)n2)c1. The summed E-state index contributed by atoms with van der Waals surface area (Å²) in [7, 11) is 0. The minimum absolute atomic E-state index is 0.514. The van der Waals surface area contributed by atoms with E-state index < -0.39 is 0 Å². The Bertz CT molecular complexity index is 1150. The summed E-state index contributed by atoms with van der Waals surface area (Å²) >= 11 is 3.44. The average Bonchev–Trinajstić information content (AvgIpc) is 3.34. The molecule has 4 aromatic rings. The summed E-state index contributed by atoms with van der Waals surface area (Å²) in [5, 5.41) is 9.18. The Labute approximate surface area is 169 Å². The zero-order chi connectivity index (χ0) is 19.1. The normalized spacial score (nSPS) is 14.7. The zero-order valence-electron chi connectivity index (χ0n) is 15.3. The number of aromatic nitrogens is 6. The summed E-state index contributed by atoms with van der Waals surface area (Å²) in [6.45, 7) is 4.93. The second-order valence-electron chi connectivity index (χ2n) is 6.68. The molecule has 1 aliphatic heterocycles. The maximum Gasteiger partial charge on any atom is 0.255 e. The summed E-state index contributed by atoms with van der Waals surface area (Å²) in [4.78, 5) is 11.6. The van der Waals surface area contributed by atoms with Crippen molar-refractivity contribution in [1.29, 1.82) is 0 Å². The van der Waals surface area contributed by atoms with Crippen LogP contribution in [-0.4, -0.2) is 55.7 Å². The van der Waals surface area contributed by atoms with Gasteiger partial charge in [0.25, 0.3) is 5.95 Å². The lowest BCUT2D eigenvalue weighted by atomic mass is 10.1. The molecule has 0 radical (unpaired) electrons. The van der Waals surface area contributed by atoms with Crippen molar-refractivity contribution in [3.63, 3.8) is 0 Å². The van der Waals surface area contributed by atoms with Crippen LogP contribution in [0.4, 0.5) is 5.95 Å². The molecule has 1 aromatic carbocycles. The van der Waals surface area contributed by atoms with Gasteiger partial charge in [-0.1, -0.05) is 23.8 Å². The Morgan fingerprint density at radius 1 is 1.04 bits per heavy atom. The van der Waals surface area contributed by atoms with Gasteiger partial charge in [0.05, 0.1) is 18.9 Å². The zero-order valence-corrected chi connectivity index (χ0v) is 16.9. The molecule has 142 valence electrons. The van der Waals surface area contributed by atoms with Crippen molar-refractivity contribution in [1.82, 2.24) is 29.4 Å². The largest absolute Gasteiger partial charge is 0.378 e. The van der Waals surface area contributed by atoms with Crippen molar-refractivity contribution in [2.45, 2.75) is 6.92 Å². The van der Waals surface area contributed by atoms with Crippen LogP contribution in [0.25, 0.3) is 22.9 Å². The standard InChI is InChI=1S/C19H18BrN7O/c1-13-3-2-4-14(11-13)15-5-6-26(23-15)18-21-17-12-16(20)24-27(17)19(22-18)25-7-9-28-10-8-25/h2-6,11-12H,7-10H2,1H3. The molecule has 0 amide bonds. The van der Waals surface area contributed by atoms with E-state index in [-0.39, 0.29) is 0 Å². The molecule has 8 nitrogen and oxygen atoms in total. The minimum atomic E-state index is 0.514. The van der Waals surface area contributed by atoms with E-state index in [1.807, 2.05) is 24.4 Å². The maximum atomic E-state index is 5.47. The van der Waals surface area contributed by atoms with Gasteiger partial charge in [-0.3, -0.25) is 0 Å². The summed E-state index contributed by atoms with van der Waals surface area (Å²) in [5.74, 6) is 1.25. The van der Waals surface area contributed by atoms with Gasteiger partial charge in [-0.05, 0) is 35.0 Å². The molecule has 4 heterocycles. The number of ether oxygens (including phenoxy) is 1. The molecule has 0 atom stereocenters. The molecular weight excluding hydrogens is 422 g/mol. The van der Waals surface area contributed by atoms with E-state index in [4.69, 9.17) is 14.8 Å². The highest BCUT2D eigenvalue weighted by atomic mass is 79.9. The van der Waals surface area contributed by atoms with Crippen LogP contribution in [0.5, 0.6) is 0 Å². The first-order chi connectivity index (χ1) is 13.7. The number of halogens is 1. The molecule has 0 aliphatic carbocycles. The van der Waals surface area contributed by atoms with Gasteiger partial charge in [-0.25, -0.2) is 4.68 Å². The van der Waals surface area contributed by atoms with Crippen molar-refractivity contribution < 1.29 is 4.74 Å². The first kappa shape index (κ1) is 17.3. The van der Waals surface area contributed by atoms with Crippen LogP contribution in [0.15, 0.2) is 47.2 Å². The van der Waals surface area contributed by atoms with Crippen molar-refractivity contribution in [2.24, 2.45) is 0 Å². The predicted molar refractivity (Wildman–Crippen MR) is 109 cm³/mol. The third-order valence-electron chi connectivity index (χ3n) is 4.67. The minimum Gasteiger partial charge on any atom is -0.378 e. The Morgan fingerprint density at radius 2 is 1.89 bits per heavy atom. The highest BCUT2D eigenvalue weighted by Crippen LogP contribution is 2.22. The second kappa shape index (κ2) is 6.99. The molecule has 0 spiro atoms. The molecule has 9 heteroatoms. The van der Waals surface area contributed by atoms with Gasteiger partial charge in [0.15, 0.2) is 5.65 Å². The van der Waals surface area contributed by atoms with E-state index in [0.29, 0.717) is 24.8 Å². The number of morpholine rings is 1. The lowest BCUT2D eigenvalue weighted by molar-refractivity contribution is 0.121.